The molecule has 0 spiro atoms. The van der Waals surface area contributed by atoms with Crippen LogP contribution >= 0.6 is 0 Å². The van der Waals surface area contributed by atoms with Gasteiger partial charge in [0.25, 0.3) is 0 Å². The van der Waals surface area contributed by atoms with E-state index in [1.165, 1.54) is 44.2 Å². The monoisotopic (exact) mass is 543 g/mol. The van der Waals surface area contributed by atoms with Crippen LogP contribution < -0.4 is 0 Å². The molecule has 1 amide bonds. The number of rotatable bonds is 4. The maximum Gasteiger partial charge on any atom is 0.417 e. The molecule has 0 aliphatic heterocycles. The van der Waals surface area contributed by atoms with Crippen LogP contribution in [-0.2, 0) is 32.8 Å². The van der Waals surface area contributed by atoms with Crippen LogP contribution in [-0.4, -0.2) is 65.9 Å². The predicted molar refractivity (Wildman–Crippen MR) is 125 cm³/mol. The Labute approximate surface area is 203 Å². The van der Waals surface area contributed by atoms with E-state index in [1.54, 1.807) is 0 Å². The van der Waals surface area contributed by atoms with Crippen LogP contribution in [0.1, 0.15) is 28.5 Å². The Morgan fingerprint density at radius 2 is 1.75 bits per heavy atom. The lowest BCUT2D eigenvalue weighted by molar-refractivity contribution is -0.137. The molecular weight excluding hydrogens is 523 g/mol. The average Bonchev–Trinajstić information content (AvgIpc) is 3.29. The van der Waals surface area contributed by atoms with E-state index in [4.69, 9.17) is 0 Å². The molecule has 4 aromatic rings. The first-order valence-electron chi connectivity index (χ1n) is 10.3. The van der Waals surface area contributed by atoms with Gasteiger partial charge in [-0.15, -0.1) is 0 Å². The van der Waals surface area contributed by atoms with E-state index in [1.807, 2.05) is 0 Å². The molecular formula is C20H20F3N7O4S2. The molecule has 0 saturated heterocycles. The van der Waals surface area contributed by atoms with Crippen LogP contribution in [0, 0.1) is 6.92 Å². The Morgan fingerprint density at radius 1 is 1.11 bits per heavy atom. The van der Waals surface area contributed by atoms with Crippen LogP contribution in [0.4, 0.5) is 13.2 Å². The van der Waals surface area contributed by atoms with Gasteiger partial charge >= 0.3 is 12.1 Å². The highest BCUT2D eigenvalue weighted by Crippen LogP contribution is 2.35. The topological polar surface area (TPSA) is 142 Å². The van der Waals surface area contributed by atoms with E-state index in [2.05, 4.69) is 24.4 Å². The second-order valence-electron chi connectivity index (χ2n) is 8.25. The fourth-order valence-electron chi connectivity index (χ4n) is 3.56. The van der Waals surface area contributed by atoms with Crippen molar-refractivity contribution in [2.75, 3.05) is 18.3 Å². The van der Waals surface area contributed by atoms with Crippen LogP contribution in [0.25, 0.3) is 28.2 Å². The normalized spacial score (nSPS) is 13.0. The molecule has 0 N–H and O–H groups in total. The number of imidazole rings is 1. The minimum atomic E-state index is -4.66. The lowest BCUT2D eigenvalue weighted by atomic mass is 10.2. The predicted octanol–water partition coefficient (Wildman–Crippen LogP) is 2.67. The van der Waals surface area contributed by atoms with Gasteiger partial charge in [-0.1, -0.05) is 6.92 Å². The third kappa shape index (κ3) is 4.34. The smallest absolute Gasteiger partial charge is 0.312 e. The number of nitrogens with zero attached hydrogens (tertiary/aromatic N) is 7. The summed E-state index contributed by atoms with van der Waals surface area (Å²) < 4.78 is 83.8. The number of hydrogen-bond donors (Lipinski definition) is 0. The number of hydrogen-bond acceptors (Lipinski definition) is 8. The van der Waals surface area contributed by atoms with Crippen LogP contribution in [0.3, 0.4) is 0 Å². The largest absolute Gasteiger partial charge is 0.417 e. The van der Waals surface area contributed by atoms with Gasteiger partial charge in [-0.25, -0.2) is 32.1 Å². The van der Waals surface area contributed by atoms with Crippen molar-refractivity contribution in [3.05, 3.63) is 35.3 Å². The highest BCUT2D eigenvalue weighted by atomic mass is 32.2. The molecule has 36 heavy (non-hydrogen) atoms. The summed E-state index contributed by atoms with van der Waals surface area (Å²) in [5, 5.41) is 3.68. The Bertz CT molecular complexity index is 1790. The molecule has 4 heterocycles. The van der Waals surface area contributed by atoms with E-state index in [9.17, 15) is 30.6 Å². The lowest BCUT2D eigenvalue weighted by Crippen LogP contribution is -2.12. The van der Waals surface area contributed by atoms with Gasteiger partial charge in [-0.3, -0.25) is 4.79 Å². The van der Waals surface area contributed by atoms with Gasteiger partial charge in [0.1, 0.15) is 22.6 Å². The summed E-state index contributed by atoms with van der Waals surface area (Å²) in [5.41, 5.74) is -1.17. The second kappa shape index (κ2) is 8.33. The number of sulfone groups is 1. The molecule has 0 aliphatic rings. The molecule has 0 atom stereocenters. The third-order valence-corrected chi connectivity index (χ3v) is 7.48. The number of aromatic nitrogens is 6. The fourth-order valence-corrected chi connectivity index (χ4v) is 5.02. The maximum absolute atomic E-state index is 13.2. The molecule has 0 saturated carbocycles. The zero-order chi connectivity index (χ0) is 26.8. The number of carbonyl (C=O) groups excluding carboxylic acids is 1. The minimum Gasteiger partial charge on any atom is -0.312 e. The molecule has 0 aliphatic carbocycles. The standard InChI is InChI=1S/C20H20F3N7O4S2/c1-6-36(33,34)19-13(17-26-12-7-11(20(21,22)23)9-25-15(12)29(17)3)16-24-8-10(2)14(30(16)27-19)18(31)28-35(4,5)32/h7-9H,6H2,1-5H3. The molecule has 0 radical (unpaired) electrons. The molecule has 0 unspecified atom stereocenters. The molecule has 0 aromatic carbocycles. The first-order valence-corrected chi connectivity index (χ1v) is 14.3. The second-order valence-corrected chi connectivity index (χ2v) is 13.0. The Morgan fingerprint density at radius 3 is 2.33 bits per heavy atom. The van der Waals surface area contributed by atoms with E-state index in [0.717, 1.165) is 10.6 Å². The SMILES string of the molecule is CCS(=O)(=O)c1nn2c(C(=O)N=S(C)(C)=O)c(C)cnc2c1-c1nc2cc(C(F)(F)F)cnc2n1C. The van der Waals surface area contributed by atoms with E-state index >= 15 is 0 Å². The quantitative estimate of drug-likeness (QED) is 0.383. The van der Waals surface area contributed by atoms with Gasteiger partial charge in [0.05, 0.1) is 11.3 Å². The summed E-state index contributed by atoms with van der Waals surface area (Å²) in [5.74, 6) is -1.33. The first-order chi connectivity index (χ1) is 16.5. The third-order valence-electron chi connectivity index (χ3n) is 5.23. The summed E-state index contributed by atoms with van der Waals surface area (Å²) in [4.78, 5) is 25.2. The zero-order valence-corrected chi connectivity index (χ0v) is 21.3. The van der Waals surface area contributed by atoms with Gasteiger partial charge < -0.3 is 4.57 Å². The molecule has 0 fully saturated rings. The van der Waals surface area contributed by atoms with Crippen molar-refractivity contribution in [1.82, 2.24) is 29.1 Å². The average molecular weight is 544 g/mol. The number of pyridine rings is 1. The number of alkyl halides is 3. The molecule has 11 nitrogen and oxygen atoms in total. The molecule has 192 valence electrons. The Balaban J connectivity index is 2.13. The van der Waals surface area contributed by atoms with Crippen molar-refractivity contribution in [1.29, 1.82) is 0 Å². The van der Waals surface area contributed by atoms with Crippen molar-refractivity contribution in [3.8, 4) is 11.4 Å². The number of amides is 1. The number of halogens is 3. The summed E-state index contributed by atoms with van der Waals surface area (Å²) in [6.07, 6.45) is -0.180. The summed E-state index contributed by atoms with van der Waals surface area (Å²) in [6.45, 7) is 2.91. The Hall–Kier alpha value is -3.40. The Kier molecular flexibility index (Phi) is 5.94. The van der Waals surface area contributed by atoms with Gasteiger partial charge in [0.15, 0.2) is 26.2 Å². The lowest BCUT2D eigenvalue weighted by Gasteiger charge is -2.06. The highest BCUT2D eigenvalue weighted by molar-refractivity contribution is 7.92. The summed E-state index contributed by atoms with van der Waals surface area (Å²) in [6, 6.07) is 0.802. The van der Waals surface area contributed by atoms with Crippen LogP contribution in [0.5, 0.6) is 0 Å². The number of carbonyl (C=O) groups is 1. The van der Waals surface area contributed by atoms with Crippen LogP contribution in [0.2, 0.25) is 0 Å². The van der Waals surface area contributed by atoms with Gasteiger partial charge in [0.2, 0.25) is 0 Å². The van der Waals surface area contributed by atoms with Gasteiger partial charge in [-0.2, -0.15) is 22.6 Å². The van der Waals surface area contributed by atoms with Gasteiger partial charge in [0, 0.05) is 41.7 Å². The van der Waals surface area contributed by atoms with Crippen molar-refractivity contribution in [3.63, 3.8) is 0 Å². The van der Waals surface area contributed by atoms with E-state index in [0.29, 0.717) is 6.20 Å². The first kappa shape index (κ1) is 25.7. The van der Waals surface area contributed by atoms with Crippen molar-refractivity contribution >= 4 is 42.3 Å². The molecule has 0 bridgehead atoms. The molecule has 4 rings (SSSR count). The number of fused-ring (bicyclic) bond motifs is 2. The van der Waals surface area contributed by atoms with Crippen molar-refractivity contribution in [2.45, 2.75) is 25.0 Å². The van der Waals surface area contributed by atoms with E-state index in [-0.39, 0.29) is 45.2 Å². The molecule has 16 heteroatoms. The fraction of sp³-hybridized carbons (Fsp3) is 0.350. The highest BCUT2D eigenvalue weighted by Gasteiger charge is 2.34. The summed E-state index contributed by atoms with van der Waals surface area (Å²) >= 11 is 0. The van der Waals surface area contributed by atoms with Crippen LogP contribution in [0.15, 0.2) is 27.8 Å². The maximum atomic E-state index is 13.2. The molecule has 4 aromatic heterocycles. The van der Waals surface area contributed by atoms with Crippen molar-refractivity contribution in [2.24, 2.45) is 11.4 Å². The van der Waals surface area contributed by atoms with Crippen molar-refractivity contribution < 1.29 is 30.6 Å². The minimum absolute atomic E-state index is 0.0623. The van der Waals surface area contributed by atoms with Gasteiger partial charge in [-0.05, 0) is 18.6 Å². The van der Waals surface area contributed by atoms with E-state index < -0.39 is 42.2 Å². The zero-order valence-electron chi connectivity index (χ0n) is 19.7. The number of aryl methyl sites for hydroxylation is 2. The summed E-state index contributed by atoms with van der Waals surface area (Å²) in [7, 11) is -5.44.